The standard InChI is InChI=1S/C10H11F3N2O.ClH/c11-10(12,13)6-5-9(16)15-8-4-2-1-3-7(8)14;/h1-4H,5-6,14H2,(H,15,16);1H. The molecule has 3 N–H and O–H groups in total. The van der Waals surface area contributed by atoms with Crippen molar-refractivity contribution in [2.24, 2.45) is 0 Å². The van der Waals surface area contributed by atoms with Crippen molar-refractivity contribution >= 4 is 29.7 Å². The van der Waals surface area contributed by atoms with Crippen LogP contribution in [0.2, 0.25) is 0 Å². The van der Waals surface area contributed by atoms with Crippen molar-refractivity contribution in [3.05, 3.63) is 24.3 Å². The topological polar surface area (TPSA) is 55.1 Å². The van der Waals surface area contributed by atoms with Gasteiger partial charge in [0, 0.05) is 6.42 Å². The van der Waals surface area contributed by atoms with Gasteiger partial charge in [-0.2, -0.15) is 13.2 Å². The van der Waals surface area contributed by atoms with Gasteiger partial charge in [0.25, 0.3) is 0 Å². The summed E-state index contributed by atoms with van der Waals surface area (Å²) in [5.74, 6) is -0.699. The van der Waals surface area contributed by atoms with Crippen molar-refractivity contribution < 1.29 is 18.0 Å². The molecule has 0 radical (unpaired) electrons. The molecule has 0 aliphatic carbocycles. The number of para-hydroxylation sites is 2. The number of benzene rings is 1. The number of carbonyl (C=O) groups is 1. The minimum Gasteiger partial charge on any atom is -0.397 e. The number of nitrogen functional groups attached to an aromatic ring is 1. The second kappa shape index (κ2) is 6.34. The summed E-state index contributed by atoms with van der Waals surface area (Å²) >= 11 is 0. The van der Waals surface area contributed by atoms with Crippen LogP contribution in [-0.2, 0) is 4.79 Å². The second-order valence-corrected chi connectivity index (χ2v) is 3.25. The average molecular weight is 269 g/mol. The van der Waals surface area contributed by atoms with Crippen molar-refractivity contribution in [3.63, 3.8) is 0 Å². The van der Waals surface area contributed by atoms with Gasteiger partial charge in [0.1, 0.15) is 0 Å². The molecule has 0 aliphatic rings. The van der Waals surface area contributed by atoms with E-state index in [9.17, 15) is 18.0 Å². The molecule has 0 aromatic heterocycles. The Bertz CT molecular complexity index is 382. The lowest BCUT2D eigenvalue weighted by atomic mass is 10.2. The summed E-state index contributed by atoms with van der Waals surface area (Å²) in [6, 6.07) is 6.39. The van der Waals surface area contributed by atoms with Crippen LogP contribution in [0.3, 0.4) is 0 Å². The Morgan fingerprint density at radius 3 is 2.41 bits per heavy atom. The van der Waals surface area contributed by atoms with Gasteiger partial charge in [0.15, 0.2) is 0 Å². The van der Waals surface area contributed by atoms with Crippen molar-refractivity contribution in [2.45, 2.75) is 19.0 Å². The summed E-state index contributed by atoms with van der Waals surface area (Å²) in [5.41, 5.74) is 6.16. The molecule has 0 bridgehead atoms. The van der Waals surface area contributed by atoms with Gasteiger partial charge in [-0.15, -0.1) is 12.4 Å². The largest absolute Gasteiger partial charge is 0.397 e. The molecule has 0 fully saturated rings. The number of nitrogens with one attached hydrogen (secondary N) is 1. The fourth-order valence-corrected chi connectivity index (χ4v) is 1.08. The number of nitrogens with two attached hydrogens (primary N) is 1. The molecule has 0 atom stereocenters. The maximum absolute atomic E-state index is 11.8. The molecule has 96 valence electrons. The van der Waals surface area contributed by atoms with E-state index in [0.717, 1.165) is 0 Å². The zero-order chi connectivity index (χ0) is 12.2. The van der Waals surface area contributed by atoms with Gasteiger partial charge in [0.2, 0.25) is 5.91 Å². The van der Waals surface area contributed by atoms with E-state index in [1.807, 2.05) is 0 Å². The van der Waals surface area contributed by atoms with Gasteiger partial charge in [-0.25, -0.2) is 0 Å². The highest BCUT2D eigenvalue weighted by atomic mass is 35.5. The Morgan fingerprint density at radius 2 is 1.88 bits per heavy atom. The highest BCUT2D eigenvalue weighted by molar-refractivity contribution is 5.93. The zero-order valence-corrected chi connectivity index (χ0v) is 9.57. The van der Waals surface area contributed by atoms with Crippen LogP contribution in [0.15, 0.2) is 24.3 Å². The Labute approximate surface area is 103 Å². The van der Waals surface area contributed by atoms with Crippen molar-refractivity contribution in [1.82, 2.24) is 0 Å². The Hall–Kier alpha value is -1.43. The fourth-order valence-electron chi connectivity index (χ4n) is 1.08. The van der Waals surface area contributed by atoms with Crippen LogP contribution >= 0.6 is 12.4 Å². The number of anilines is 2. The Balaban J connectivity index is 0.00000256. The van der Waals surface area contributed by atoms with Crippen LogP contribution in [0.5, 0.6) is 0 Å². The molecule has 0 aliphatic heterocycles. The zero-order valence-electron chi connectivity index (χ0n) is 8.75. The normalized spacial score (nSPS) is 10.5. The average Bonchev–Trinajstić information content (AvgIpc) is 2.18. The van der Waals surface area contributed by atoms with E-state index >= 15 is 0 Å². The molecule has 1 rings (SSSR count). The number of hydrogen-bond donors (Lipinski definition) is 2. The first-order valence-corrected chi connectivity index (χ1v) is 4.59. The molecule has 7 heteroatoms. The molecule has 1 amide bonds. The van der Waals surface area contributed by atoms with Crippen LogP contribution in [-0.4, -0.2) is 12.1 Å². The SMILES string of the molecule is Cl.Nc1ccccc1NC(=O)CCC(F)(F)F. The highest BCUT2D eigenvalue weighted by Crippen LogP contribution is 2.22. The predicted octanol–water partition coefficient (Wildman–Crippen LogP) is 2.97. The highest BCUT2D eigenvalue weighted by Gasteiger charge is 2.27. The molecule has 0 saturated heterocycles. The molecule has 0 saturated carbocycles. The number of carbonyl (C=O) groups excluding carboxylic acids is 1. The van der Waals surface area contributed by atoms with E-state index < -0.39 is 24.9 Å². The summed E-state index contributed by atoms with van der Waals surface area (Å²) in [7, 11) is 0. The molecule has 0 unspecified atom stereocenters. The Morgan fingerprint density at radius 1 is 1.29 bits per heavy atom. The molecule has 0 heterocycles. The number of amides is 1. The number of alkyl halides is 3. The quantitative estimate of drug-likeness (QED) is 0.828. The lowest BCUT2D eigenvalue weighted by Gasteiger charge is -2.08. The monoisotopic (exact) mass is 268 g/mol. The van der Waals surface area contributed by atoms with Gasteiger partial charge >= 0.3 is 6.18 Å². The summed E-state index contributed by atoms with van der Waals surface area (Å²) in [4.78, 5) is 11.1. The number of rotatable bonds is 3. The van der Waals surface area contributed by atoms with Crippen LogP contribution < -0.4 is 11.1 Å². The van der Waals surface area contributed by atoms with Gasteiger partial charge < -0.3 is 11.1 Å². The molecular weight excluding hydrogens is 257 g/mol. The molecule has 17 heavy (non-hydrogen) atoms. The van der Waals surface area contributed by atoms with E-state index in [2.05, 4.69) is 5.32 Å². The van der Waals surface area contributed by atoms with Gasteiger partial charge in [-0.3, -0.25) is 4.79 Å². The molecule has 0 spiro atoms. The first-order valence-electron chi connectivity index (χ1n) is 4.59. The van der Waals surface area contributed by atoms with E-state index in [1.54, 1.807) is 18.2 Å². The first kappa shape index (κ1) is 15.6. The van der Waals surface area contributed by atoms with Gasteiger partial charge in [-0.1, -0.05) is 12.1 Å². The predicted molar refractivity (Wildman–Crippen MR) is 62.0 cm³/mol. The lowest BCUT2D eigenvalue weighted by Crippen LogP contribution is -2.17. The fraction of sp³-hybridized carbons (Fsp3) is 0.300. The van der Waals surface area contributed by atoms with Crippen LogP contribution in [0.1, 0.15) is 12.8 Å². The van der Waals surface area contributed by atoms with Crippen molar-refractivity contribution in [1.29, 1.82) is 0 Å². The molecule has 1 aromatic rings. The maximum atomic E-state index is 11.8. The van der Waals surface area contributed by atoms with Crippen molar-refractivity contribution in [3.8, 4) is 0 Å². The third kappa shape index (κ3) is 6.01. The number of hydrogen-bond acceptors (Lipinski definition) is 2. The van der Waals surface area contributed by atoms with Gasteiger partial charge in [0.05, 0.1) is 17.8 Å². The van der Waals surface area contributed by atoms with Gasteiger partial charge in [-0.05, 0) is 12.1 Å². The van der Waals surface area contributed by atoms with E-state index in [4.69, 9.17) is 5.73 Å². The van der Waals surface area contributed by atoms with E-state index in [-0.39, 0.29) is 12.4 Å². The second-order valence-electron chi connectivity index (χ2n) is 3.25. The third-order valence-electron chi connectivity index (χ3n) is 1.87. The van der Waals surface area contributed by atoms with Crippen LogP contribution in [0.25, 0.3) is 0 Å². The van der Waals surface area contributed by atoms with E-state index in [1.165, 1.54) is 6.07 Å². The minimum atomic E-state index is -4.32. The number of halogens is 4. The van der Waals surface area contributed by atoms with E-state index in [0.29, 0.717) is 11.4 Å². The molecule has 3 nitrogen and oxygen atoms in total. The summed E-state index contributed by atoms with van der Waals surface area (Å²) < 4.78 is 35.5. The summed E-state index contributed by atoms with van der Waals surface area (Å²) in [6.45, 7) is 0. The molecular formula is C10H12ClF3N2O. The summed E-state index contributed by atoms with van der Waals surface area (Å²) in [6.07, 6.45) is -6.05. The maximum Gasteiger partial charge on any atom is 0.389 e. The summed E-state index contributed by atoms with van der Waals surface area (Å²) in [5, 5.41) is 2.32. The van der Waals surface area contributed by atoms with Crippen LogP contribution in [0.4, 0.5) is 24.5 Å². The lowest BCUT2D eigenvalue weighted by molar-refractivity contribution is -0.142. The first-order chi connectivity index (χ1) is 7.38. The van der Waals surface area contributed by atoms with Crippen molar-refractivity contribution in [2.75, 3.05) is 11.1 Å². The van der Waals surface area contributed by atoms with Crippen LogP contribution in [0, 0.1) is 0 Å². The molecule has 1 aromatic carbocycles. The minimum absolute atomic E-state index is 0. The Kier molecular flexibility index (Phi) is 5.81. The smallest absolute Gasteiger partial charge is 0.389 e. The third-order valence-corrected chi connectivity index (χ3v) is 1.87.